The van der Waals surface area contributed by atoms with E-state index in [1.807, 2.05) is 49.2 Å². The molecule has 20 heavy (non-hydrogen) atoms. The first-order valence-electron chi connectivity index (χ1n) is 6.27. The molecule has 0 radical (unpaired) electrons. The Labute approximate surface area is 123 Å². The minimum atomic E-state index is -0.911. The van der Waals surface area contributed by atoms with Crippen molar-refractivity contribution in [2.45, 2.75) is 13.5 Å². The number of hydrogen-bond donors (Lipinski definition) is 1. The van der Waals surface area contributed by atoms with Gasteiger partial charge in [-0.2, -0.15) is 0 Å². The highest BCUT2D eigenvalue weighted by Gasteiger charge is 2.15. The lowest BCUT2D eigenvalue weighted by Gasteiger charge is -2.23. The number of carboxylic acids is 1. The number of benzene rings is 2. The number of carbonyl (C=O) groups is 1. The fourth-order valence-corrected chi connectivity index (χ4v) is 2.41. The van der Waals surface area contributed by atoms with Crippen LogP contribution in [-0.2, 0) is 6.54 Å². The highest BCUT2D eigenvalue weighted by molar-refractivity contribution is 6.30. The minimum Gasteiger partial charge on any atom is -0.478 e. The van der Waals surface area contributed by atoms with Crippen molar-refractivity contribution >= 4 is 23.3 Å². The van der Waals surface area contributed by atoms with E-state index in [0.717, 1.165) is 16.8 Å². The first-order valence-corrected chi connectivity index (χ1v) is 6.65. The predicted octanol–water partition coefficient (Wildman–Crippen LogP) is 3.98. The number of para-hydroxylation sites is 1. The molecule has 0 bridgehead atoms. The fourth-order valence-electron chi connectivity index (χ4n) is 2.28. The normalized spacial score (nSPS) is 10.3. The summed E-state index contributed by atoms with van der Waals surface area (Å²) >= 11 is 5.87. The van der Waals surface area contributed by atoms with Gasteiger partial charge < -0.3 is 10.0 Å². The summed E-state index contributed by atoms with van der Waals surface area (Å²) in [7, 11) is 1.89. The summed E-state index contributed by atoms with van der Waals surface area (Å²) in [5.74, 6) is -0.911. The van der Waals surface area contributed by atoms with Crippen LogP contribution >= 0.6 is 11.6 Å². The van der Waals surface area contributed by atoms with Crippen LogP contribution in [0, 0.1) is 6.92 Å². The zero-order valence-corrected chi connectivity index (χ0v) is 12.2. The Morgan fingerprint density at radius 1 is 1.20 bits per heavy atom. The molecule has 2 aromatic carbocycles. The summed E-state index contributed by atoms with van der Waals surface area (Å²) in [5.41, 5.74) is 3.09. The van der Waals surface area contributed by atoms with Crippen molar-refractivity contribution in [2.24, 2.45) is 0 Å². The largest absolute Gasteiger partial charge is 0.478 e. The third-order valence-corrected chi connectivity index (χ3v) is 3.43. The molecule has 0 atom stereocenters. The van der Waals surface area contributed by atoms with Gasteiger partial charge in [-0.15, -0.1) is 0 Å². The Bertz CT molecular complexity index is 623. The molecule has 0 saturated carbocycles. The number of rotatable bonds is 4. The van der Waals surface area contributed by atoms with Gasteiger partial charge in [0.25, 0.3) is 0 Å². The van der Waals surface area contributed by atoms with Crippen molar-refractivity contribution in [1.29, 1.82) is 0 Å². The van der Waals surface area contributed by atoms with Crippen LogP contribution in [0.25, 0.3) is 0 Å². The van der Waals surface area contributed by atoms with Crippen molar-refractivity contribution in [1.82, 2.24) is 0 Å². The summed E-state index contributed by atoms with van der Waals surface area (Å²) in [4.78, 5) is 13.3. The standard InChI is InChI=1S/C16H16ClNO2/c1-11-4-3-5-14(16(19)20)15(11)18(2)10-12-6-8-13(17)9-7-12/h3-9H,10H2,1-2H3,(H,19,20). The van der Waals surface area contributed by atoms with E-state index in [1.165, 1.54) is 0 Å². The fraction of sp³-hybridized carbons (Fsp3) is 0.188. The number of anilines is 1. The van der Waals surface area contributed by atoms with Crippen molar-refractivity contribution in [2.75, 3.05) is 11.9 Å². The molecular weight excluding hydrogens is 274 g/mol. The van der Waals surface area contributed by atoms with Gasteiger partial charge in [0.1, 0.15) is 0 Å². The molecule has 0 amide bonds. The van der Waals surface area contributed by atoms with Crippen molar-refractivity contribution in [3.05, 3.63) is 64.2 Å². The molecule has 0 saturated heterocycles. The number of nitrogens with zero attached hydrogens (tertiary/aromatic N) is 1. The zero-order valence-electron chi connectivity index (χ0n) is 11.4. The van der Waals surface area contributed by atoms with Crippen LogP contribution in [0.5, 0.6) is 0 Å². The molecule has 0 unspecified atom stereocenters. The highest BCUT2D eigenvalue weighted by atomic mass is 35.5. The smallest absolute Gasteiger partial charge is 0.337 e. The molecule has 2 rings (SSSR count). The first kappa shape index (κ1) is 14.4. The first-order chi connectivity index (χ1) is 9.49. The monoisotopic (exact) mass is 289 g/mol. The van der Waals surface area contributed by atoms with Crippen molar-refractivity contribution in [3.63, 3.8) is 0 Å². The number of aryl methyl sites for hydroxylation is 1. The van der Waals surface area contributed by atoms with Crippen LogP contribution in [0.15, 0.2) is 42.5 Å². The van der Waals surface area contributed by atoms with E-state index in [4.69, 9.17) is 11.6 Å². The topological polar surface area (TPSA) is 40.5 Å². The molecule has 0 aliphatic rings. The number of aromatic carboxylic acids is 1. The lowest BCUT2D eigenvalue weighted by Crippen LogP contribution is -2.20. The molecule has 0 spiro atoms. The van der Waals surface area contributed by atoms with Crippen LogP contribution < -0.4 is 4.90 Å². The van der Waals surface area contributed by atoms with Gasteiger partial charge in [0.2, 0.25) is 0 Å². The minimum absolute atomic E-state index is 0.321. The van der Waals surface area contributed by atoms with Crippen LogP contribution in [-0.4, -0.2) is 18.1 Å². The van der Waals surface area contributed by atoms with E-state index < -0.39 is 5.97 Å². The van der Waals surface area contributed by atoms with Crippen molar-refractivity contribution in [3.8, 4) is 0 Å². The molecule has 0 fully saturated rings. The van der Waals surface area contributed by atoms with E-state index in [9.17, 15) is 9.90 Å². The molecule has 2 aromatic rings. The van der Waals surface area contributed by atoms with Gasteiger partial charge in [-0.05, 0) is 36.2 Å². The Kier molecular flexibility index (Phi) is 4.30. The van der Waals surface area contributed by atoms with E-state index in [1.54, 1.807) is 12.1 Å². The predicted molar refractivity (Wildman–Crippen MR) is 81.7 cm³/mol. The summed E-state index contributed by atoms with van der Waals surface area (Å²) in [6, 6.07) is 12.9. The number of carboxylic acid groups (broad SMARTS) is 1. The highest BCUT2D eigenvalue weighted by Crippen LogP contribution is 2.26. The molecular formula is C16H16ClNO2. The lowest BCUT2D eigenvalue weighted by molar-refractivity contribution is 0.0697. The third kappa shape index (κ3) is 3.11. The Hall–Kier alpha value is -2.00. The van der Waals surface area contributed by atoms with Crippen LogP contribution in [0.3, 0.4) is 0 Å². The average molecular weight is 290 g/mol. The Balaban J connectivity index is 2.31. The molecule has 3 nitrogen and oxygen atoms in total. The zero-order chi connectivity index (χ0) is 14.7. The summed E-state index contributed by atoms with van der Waals surface area (Å²) < 4.78 is 0. The molecule has 0 heterocycles. The molecule has 0 aromatic heterocycles. The third-order valence-electron chi connectivity index (χ3n) is 3.18. The Morgan fingerprint density at radius 3 is 2.45 bits per heavy atom. The second-order valence-electron chi connectivity index (χ2n) is 4.76. The van der Waals surface area contributed by atoms with E-state index in [2.05, 4.69) is 0 Å². The van der Waals surface area contributed by atoms with Gasteiger partial charge in [0, 0.05) is 18.6 Å². The van der Waals surface area contributed by atoms with E-state index in [0.29, 0.717) is 17.1 Å². The van der Waals surface area contributed by atoms with Gasteiger partial charge in [0.15, 0.2) is 0 Å². The number of halogens is 1. The van der Waals surface area contributed by atoms with Gasteiger partial charge in [-0.25, -0.2) is 4.79 Å². The number of hydrogen-bond acceptors (Lipinski definition) is 2. The average Bonchev–Trinajstić information content (AvgIpc) is 2.40. The van der Waals surface area contributed by atoms with Gasteiger partial charge >= 0.3 is 5.97 Å². The molecule has 1 N–H and O–H groups in total. The van der Waals surface area contributed by atoms with Crippen LogP contribution in [0.1, 0.15) is 21.5 Å². The molecule has 0 aliphatic carbocycles. The Morgan fingerprint density at radius 2 is 1.85 bits per heavy atom. The summed E-state index contributed by atoms with van der Waals surface area (Å²) in [6.45, 7) is 2.54. The second-order valence-corrected chi connectivity index (χ2v) is 5.20. The molecule has 0 aliphatic heterocycles. The maximum atomic E-state index is 11.3. The van der Waals surface area contributed by atoms with Gasteiger partial charge in [-0.3, -0.25) is 0 Å². The maximum Gasteiger partial charge on any atom is 0.337 e. The van der Waals surface area contributed by atoms with Gasteiger partial charge in [-0.1, -0.05) is 35.9 Å². The van der Waals surface area contributed by atoms with E-state index in [-0.39, 0.29) is 0 Å². The lowest BCUT2D eigenvalue weighted by atomic mass is 10.1. The maximum absolute atomic E-state index is 11.3. The summed E-state index contributed by atoms with van der Waals surface area (Å²) in [5, 5.41) is 9.99. The molecule has 104 valence electrons. The van der Waals surface area contributed by atoms with E-state index >= 15 is 0 Å². The quantitative estimate of drug-likeness (QED) is 0.925. The second kappa shape index (κ2) is 5.97. The van der Waals surface area contributed by atoms with Crippen molar-refractivity contribution < 1.29 is 9.90 Å². The molecule has 4 heteroatoms. The van der Waals surface area contributed by atoms with Crippen LogP contribution in [0.2, 0.25) is 5.02 Å². The van der Waals surface area contributed by atoms with Gasteiger partial charge in [0.05, 0.1) is 11.3 Å². The van der Waals surface area contributed by atoms with Crippen LogP contribution in [0.4, 0.5) is 5.69 Å². The SMILES string of the molecule is Cc1cccc(C(=O)O)c1N(C)Cc1ccc(Cl)cc1. The summed E-state index contributed by atoms with van der Waals surface area (Å²) in [6.07, 6.45) is 0.